The number of ether oxygens (including phenoxy) is 1. The van der Waals surface area contributed by atoms with Crippen molar-refractivity contribution in [1.82, 2.24) is 9.88 Å². The zero-order valence-electron chi connectivity index (χ0n) is 13.9. The Hall–Kier alpha value is -1.35. The number of hydrogen-bond donors (Lipinski definition) is 0. The van der Waals surface area contributed by atoms with Crippen molar-refractivity contribution >= 4 is 71.5 Å². The van der Waals surface area contributed by atoms with Gasteiger partial charge >= 0.3 is 0 Å². The molecule has 0 unspecified atom stereocenters. The maximum Gasteiger partial charge on any atom is 0.264 e. The van der Waals surface area contributed by atoms with E-state index in [4.69, 9.17) is 21.3 Å². The van der Waals surface area contributed by atoms with E-state index in [2.05, 4.69) is 20.8 Å². The van der Waals surface area contributed by atoms with Crippen molar-refractivity contribution in [3.8, 4) is 5.75 Å². The molecule has 26 heavy (non-hydrogen) atoms. The highest BCUT2D eigenvalue weighted by Gasteiger charge is 2.25. The largest absolute Gasteiger partial charge is 0.494 e. The van der Waals surface area contributed by atoms with Crippen molar-refractivity contribution in [3.63, 3.8) is 0 Å². The summed E-state index contributed by atoms with van der Waals surface area (Å²) in [5, 5.41) is 1.60. The molecule has 1 saturated heterocycles. The zero-order chi connectivity index (χ0) is 18.3. The molecule has 0 N–H and O–H groups in total. The van der Waals surface area contributed by atoms with Gasteiger partial charge in [-0.25, -0.2) is 4.98 Å². The van der Waals surface area contributed by atoms with E-state index >= 15 is 0 Å². The molecule has 3 aromatic rings. The van der Waals surface area contributed by atoms with Crippen molar-refractivity contribution in [2.75, 3.05) is 38.2 Å². The average Bonchev–Trinajstić information content (AvgIpc) is 3.29. The molecular weight excluding hydrogens is 458 g/mol. The molecule has 3 heterocycles. The van der Waals surface area contributed by atoms with E-state index in [9.17, 15) is 4.79 Å². The average molecular weight is 473 g/mol. The third kappa shape index (κ3) is 3.31. The summed E-state index contributed by atoms with van der Waals surface area (Å²) in [6, 6.07) is 7.45. The fraction of sp³-hybridized carbons (Fsp3) is 0.294. The SMILES string of the molecule is COc1ccc(Cl)c2sc(N3CCN(C(=O)c4ccc(Br)s4)CC3)nc12. The quantitative estimate of drug-likeness (QED) is 0.552. The summed E-state index contributed by atoms with van der Waals surface area (Å²) >= 11 is 12.8. The van der Waals surface area contributed by atoms with E-state index in [1.807, 2.05) is 29.2 Å². The topological polar surface area (TPSA) is 45.7 Å². The Balaban J connectivity index is 1.50. The molecule has 1 amide bonds. The number of halogens is 2. The standard InChI is InChI=1S/C17H15BrClN3O2S2/c1-24-11-3-2-10(19)15-14(11)20-17(26-15)22-8-6-21(7-9-22)16(23)12-4-5-13(18)25-12/h2-5H,6-9H2,1H3. The third-order valence-electron chi connectivity index (χ3n) is 4.29. The first-order valence-corrected chi connectivity index (χ1v) is 10.8. The number of amides is 1. The van der Waals surface area contributed by atoms with Crippen molar-refractivity contribution in [1.29, 1.82) is 0 Å². The Morgan fingerprint density at radius 1 is 1.19 bits per heavy atom. The molecule has 1 aliphatic rings. The number of aromatic nitrogens is 1. The van der Waals surface area contributed by atoms with Crippen molar-refractivity contribution < 1.29 is 9.53 Å². The molecule has 136 valence electrons. The van der Waals surface area contributed by atoms with Crippen LogP contribution in [0, 0.1) is 0 Å². The number of benzene rings is 1. The number of methoxy groups -OCH3 is 1. The van der Waals surface area contributed by atoms with Crippen LogP contribution in [0.1, 0.15) is 9.67 Å². The molecule has 1 aromatic carbocycles. The number of nitrogens with zero attached hydrogens (tertiary/aromatic N) is 3. The smallest absolute Gasteiger partial charge is 0.264 e. The minimum absolute atomic E-state index is 0.0920. The molecule has 4 rings (SSSR count). The van der Waals surface area contributed by atoms with E-state index in [-0.39, 0.29) is 5.91 Å². The van der Waals surface area contributed by atoms with Crippen LogP contribution >= 0.6 is 50.2 Å². The van der Waals surface area contributed by atoms with Gasteiger partial charge in [0.25, 0.3) is 5.91 Å². The van der Waals surface area contributed by atoms with Crippen LogP contribution in [0.4, 0.5) is 5.13 Å². The molecular formula is C17H15BrClN3O2S2. The van der Waals surface area contributed by atoms with E-state index in [1.165, 1.54) is 11.3 Å². The number of piperazine rings is 1. The number of thiophene rings is 1. The van der Waals surface area contributed by atoms with Gasteiger partial charge in [0.05, 0.1) is 25.5 Å². The minimum atomic E-state index is 0.0920. The van der Waals surface area contributed by atoms with Crippen molar-refractivity contribution in [2.24, 2.45) is 0 Å². The molecule has 0 saturated carbocycles. The normalized spacial score (nSPS) is 14.9. The fourth-order valence-corrected chi connectivity index (χ4v) is 5.59. The molecule has 0 bridgehead atoms. The predicted molar refractivity (Wildman–Crippen MR) is 111 cm³/mol. The molecule has 0 atom stereocenters. The lowest BCUT2D eigenvalue weighted by molar-refractivity contribution is 0.0751. The van der Waals surface area contributed by atoms with Crippen LogP contribution in [0.5, 0.6) is 5.75 Å². The van der Waals surface area contributed by atoms with Gasteiger partial charge < -0.3 is 14.5 Å². The molecule has 0 spiro atoms. The van der Waals surface area contributed by atoms with Crippen LogP contribution in [0.15, 0.2) is 28.1 Å². The molecule has 0 aliphatic carbocycles. The summed E-state index contributed by atoms with van der Waals surface area (Å²) in [6.45, 7) is 2.85. The zero-order valence-corrected chi connectivity index (χ0v) is 17.8. The van der Waals surface area contributed by atoms with Gasteiger partial charge in [-0.05, 0) is 40.2 Å². The molecule has 9 heteroatoms. The van der Waals surface area contributed by atoms with Crippen molar-refractivity contribution in [3.05, 3.63) is 38.0 Å². The fourth-order valence-electron chi connectivity index (χ4n) is 2.93. The minimum Gasteiger partial charge on any atom is -0.494 e. The molecule has 0 radical (unpaired) electrons. The summed E-state index contributed by atoms with van der Waals surface area (Å²) in [6.07, 6.45) is 0. The number of carbonyl (C=O) groups is 1. The van der Waals surface area contributed by atoms with Crippen LogP contribution in [0.2, 0.25) is 5.02 Å². The van der Waals surface area contributed by atoms with Crippen LogP contribution in [0.25, 0.3) is 10.2 Å². The Morgan fingerprint density at radius 2 is 1.96 bits per heavy atom. The van der Waals surface area contributed by atoms with E-state index in [0.29, 0.717) is 18.1 Å². The lowest BCUT2D eigenvalue weighted by Crippen LogP contribution is -2.48. The van der Waals surface area contributed by atoms with Crippen LogP contribution in [-0.4, -0.2) is 49.1 Å². The van der Waals surface area contributed by atoms with Crippen LogP contribution < -0.4 is 9.64 Å². The summed E-state index contributed by atoms with van der Waals surface area (Å²) < 4.78 is 7.30. The van der Waals surface area contributed by atoms with Gasteiger partial charge in [0.2, 0.25) is 0 Å². The first-order valence-electron chi connectivity index (χ1n) is 7.99. The maximum absolute atomic E-state index is 12.6. The Kier molecular flexibility index (Phi) is 5.09. The molecule has 5 nitrogen and oxygen atoms in total. The summed E-state index contributed by atoms with van der Waals surface area (Å²) in [7, 11) is 1.63. The third-order valence-corrected chi connectivity index (χ3v) is 7.48. The highest BCUT2D eigenvalue weighted by molar-refractivity contribution is 9.11. The van der Waals surface area contributed by atoms with Gasteiger partial charge in [-0.15, -0.1) is 11.3 Å². The van der Waals surface area contributed by atoms with Gasteiger partial charge in [0, 0.05) is 26.2 Å². The highest BCUT2D eigenvalue weighted by atomic mass is 79.9. The van der Waals surface area contributed by atoms with Crippen LogP contribution in [0.3, 0.4) is 0 Å². The number of rotatable bonds is 3. The first-order chi connectivity index (χ1) is 12.6. The highest BCUT2D eigenvalue weighted by Crippen LogP contribution is 2.38. The van der Waals surface area contributed by atoms with Gasteiger partial charge in [0.15, 0.2) is 5.13 Å². The van der Waals surface area contributed by atoms with E-state index in [0.717, 1.165) is 42.9 Å². The maximum atomic E-state index is 12.6. The predicted octanol–water partition coefficient (Wildman–Crippen LogP) is 4.74. The van der Waals surface area contributed by atoms with Gasteiger partial charge in [0.1, 0.15) is 11.3 Å². The summed E-state index contributed by atoms with van der Waals surface area (Å²) in [5.41, 5.74) is 0.793. The van der Waals surface area contributed by atoms with Crippen LogP contribution in [-0.2, 0) is 0 Å². The Labute approximate surface area is 172 Å². The molecule has 1 fully saturated rings. The van der Waals surface area contributed by atoms with Gasteiger partial charge in [-0.1, -0.05) is 22.9 Å². The van der Waals surface area contributed by atoms with Crippen molar-refractivity contribution in [2.45, 2.75) is 0 Å². The Morgan fingerprint density at radius 3 is 2.62 bits per heavy atom. The van der Waals surface area contributed by atoms with Gasteiger partial charge in [-0.2, -0.15) is 0 Å². The van der Waals surface area contributed by atoms with E-state index < -0.39 is 0 Å². The number of carbonyl (C=O) groups excluding carboxylic acids is 1. The second-order valence-corrected chi connectivity index (χ2v) is 9.65. The van der Waals surface area contributed by atoms with Gasteiger partial charge in [-0.3, -0.25) is 4.79 Å². The first kappa shape index (κ1) is 18.0. The number of hydrogen-bond acceptors (Lipinski definition) is 6. The monoisotopic (exact) mass is 471 g/mol. The second-order valence-electron chi connectivity index (χ2n) is 5.81. The number of anilines is 1. The summed E-state index contributed by atoms with van der Waals surface area (Å²) in [5.74, 6) is 0.818. The summed E-state index contributed by atoms with van der Waals surface area (Å²) in [4.78, 5) is 22.2. The molecule has 2 aromatic heterocycles. The van der Waals surface area contributed by atoms with E-state index in [1.54, 1.807) is 18.4 Å². The second kappa shape index (κ2) is 7.34. The Bertz CT molecular complexity index is 966. The molecule has 1 aliphatic heterocycles. The number of fused-ring (bicyclic) bond motifs is 1. The lowest BCUT2D eigenvalue weighted by atomic mass is 10.3. The lowest BCUT2D eigenvalue weighted by Gasteiger charge is -2.34. The number of thiazole rings is 1.